The summed E-state index contributed by atoms with van der Waals surface area (Å²) in [5.74, 6) is -0.0111. The van der Waals surface area contributed by atoms with Gasteiger partial charge in [-0.1, -0.05) is 0 Å². The Morgan fingerprint density at radius 1 is 1.00 bits per heavy atom. The molecule has 0 aliphatic heterocycles. The van der Waals surface area contributed by atoms with Crippen molar-refractivity contribution < 1.29 is 4.39 Å². The van der Waals surface area contributed by atoms with Crippen LogP contribution in [0.25, 0.3) is 44.7 Å². The minimum absolute atomic E-state index is 0.212. The maximum Gasteiger partial charge on any atom is 0.161 e. The van der Waals surface area contributed by atoms with E-state index in [-0.39, 0.29) is 5.69 Å². The number of aromatic amines is 2. The molecule has 0 aliphatic carbocycles. The lowest BCUT2D eigenvalue weighted by molar-refractivity contribution is 0.638. The lowest BCUT2D eigenvalue weighted by Crippen LogP contribution is -2.09. The van der Waals surface area contributed by atoms with E-state index in [1.165, 1.54) is 0 Å². The second-order valence-electron chi connectivity index (χ2n) is 6.59. The molecule has 28 heavy (non-hydrogen) atoms. The Labute approximate surface area is 158 Å². The fraction of sp³-hybridized carbons (Fsp3) is 0.105. The van der Waals surface area contributed by atoms with Crippen molar-refractivity contribution in [2.45, 2.75) is 0 Å². The number of hydrogen-bond acceptors (Lipinski definition) is 6. The number of imidazole rings is 1. The molecule has 5 heterocycles. The van der Waals surface area contributed by atoms with Crippen LogP contribution < -0.4 is 4.90 Å². The van der Waals surface area contributed by atoms with Gasteiger partial charge in [0.2, 0.25) is 0 Å². The summed E-state index contributed by atoms with van der Waals surface area (Å²) < 4.78 is 15.5. The Morgan fingerprint density at radius 3 is 2.71 bits per heavy atom. The number of halogens is 1. The summed E-state index contributed by atoms with van der Waals surface area (Å²) in [6, 6.07) is 3.63. The van der Waals surface area contributed by atoms with E-state index in [1.54, 1.807) is 37.1 Å². The van der Waals surface area contributed by atoms with E-state index in [0.717, 1.165) is 16.7 Å². The molecule has 5 aromatic rings. The van der Waals surface area contributed by atoms with Gasteiger partial charge in [0.25, 0.3) is 0 Å². The van der Waals surface area contributed by atoms with E-state index in [2.05, 4.69) is 35.1 Å². The van der Waals surface area contributed by atoms with Gasteiger partial charge < -0.3 is 9.88 Å². The molecule has 0 atom stereocenters. The predicted molar refractivity (Wildman–Crippen MR) is 104 cm³/mol. The molecule has 0 saturated carbocycles. The van der Waals surface area contributed by atoms with Gasteiger partial charge in [0, 0.05) is 32.1 Å². The first-order chi connectivity index (χ1) is 13.6. The summed E-state index contributed by atoms with van der Waals surface area (Å²) in [5, 5.41) is 7.41. The van der Waals surface area contributed by atoms with E-state index in [9.17, 15) is 0 Å². The molecule has 0 spiro atoms. The van der Waals surface area contributed by atoms with Crippen molar-refractivity contribution in [3.8, 4) is 22.8 Å². The third-order valence-electron chi connectivity index (χ3n) is 4.57. The van der Waals surface area contributed by atoms with Crippen molar-refractivity contribution in [3.63, 3.8) is 0 Å². The molecule has 0 saturated heterocycles. The van der Waals surface area contributed by atoms with Crippen molar-refractivity contribution >= 4 is 27.6 Å². The Balaban J connectivity index is 1.71. The van der Waals surface area contributed by atoms with Gasteiger partial charge in [-0.3, -0.25) is 20.1 Å². The zero-order valence-corrected chi connectivity index (χ0v) is 15.1. The maximum absolute atomic E-state index is 15.5. The van der Waals surface area contributed by atoms with Crippen LogP contribution in [0.4, 0.5) is 10.1 Å². The van der Waals surface area contributed by atoms with E-state index in [1.807, 2.05) is 25.1 Å². The average Bonchev–Trinajstić information content (AvgIpc) is 3.32. The molecule has 138 valence electrons. The van der Waals surface area contributed by atoms with E-state index in [0.29, 0.717) is 28.0 Å². The van der Waals surface area contributed by atoms with Crippen LogP contribution in [-0.2, 0) is 0 Å². The molecule has 5 aromatic heterocycles. The summed E-state index contributed by atoms with van der Waals surface area (Å²) in [6.07, 6.45) is 8.20. The van der Waals surface area contributed by atoms with Gasteiger partial charge in [-0.2, -0.15) is 5.10 Å². The van der Waals surface area contributed by atoms with Crippen LogP contribution in [-0.4, -0.2) is 49.2 Å². The molecule has 0 aromatic carbocycles. The molecular formula is C19H15FN8. The van der Waals surface area contributed by atoms with Gasteiger partial charge in [0.15, 0.2) is 11.6 Å². The molecule has 0 unspecified atom stereocenters. The third-order valence-corrected chi connectivity index (χ3v) is 4.57. The van der Waals surface area contributed by atoms with Gasteiger partial charge in [0.05, 0.1) is 46.2 Å². The van der Waals surface area contributed by atoms with Crippen LogP contribution in [0.5, 0.6) is 0 Å². The second-order valence-corrected chi connectivity index (χ2v) is 6.59. The highest BCUT2D eigenvalue weighted by Crippen LogP contribution is 2.32. The lowest BCUT2D eigenvalue weighted by atomic mass is 10.1. The van der Waals surface area contributed by atoms with Crippen molar-refractivity contribution in [2.75, 3.05) is 19.0 Å². The number of anilines is 1. The number of rotatable bonds is 3. The molecular weight excluding hydrogens is 359 g/mol. The molecule has 0 radical (unpaired) electrons. The number of pyridine rings is 3. The smallest absolute Gasteiger partial charge is 0.161 e. The third kappa shape index (κ3) is 2.48. The van der Waals surface area contributed by atoms with Gasteiger partial charge >= 0.3 is 0 Å². The van der Waals surface area contributed by atoms with Crippen molar-refractivity contribution in [1.82, 2.24) is 35.1 Å². The molecule has 0 amide bonds. The number of aromatic nitrogens is 7. The van der Waals surface area contributed by atoms with E-state index in [4.69, 9.17) is 0 Å². The number of nitrogens with zero attached hydrogens (tertiary/aromatic N) is 6. The Morgan fingerprint density at radius 2 is 1.89 bits per heavy atom. The highest BCUT2D eigenvalue weighted by Gasteiger charge is 2.20. The number of fused-ring (bicyclic) bond motifs is 2. The fourth-order valence-electron chi connectivity index (χ4n) is 3.12. The zero-order chi connectivity index (χ0) is 19.3. The molecule has 9 heteroatoms. The first-order valence-corrected chi connectivity index (χ1v) is 8.57. The number of H-pyrrole nitrogens is 2. The molecule has 2 N–H and O–H groups in total. The highest BCUT2D eigenvalue weighted by atomic mass is 19.1. The monoisotopic (exact) mass is 374 g/mol. The van der Waals surface area contributed by atoms with Gasteiger partial charge in [-0.05, 0) is 12.1 Å². The maximum atomic E-state index is 15.5. The van der Waals surface area contributed by atoms with Crippen LogP contribution in [0.2, 0.25) is 0 Å². The van der Waals surface area contributed by atoms with Crippen LogP contribution in [0.1, 0.15) is 0 Å². The van der Waals surface area contributed by atoms with Gasteiger partial charge in [0.1, 0.15) is 11.4 Å². The van der Waals surface area contributed by atoms with E-state index < -0.39 is 5.82 Å². The van der Waals surface area contributed by atoms with Gasteiger partial charge in [-0.15, -0.1) is 0 Å². The van der Waals surface area contributed by atoms with Crippen molar-refractivity contribution in [3.05, 3.63) is 48.9 Å². The summed E-state index contributed by atoms with van der Waals surface area (Å²) in [4.78, 5) is 22.1. The summed E-state index contributed by atoms with van der Waals surface area (Å²) in [6.45, 7) is 0. The van der Waals surface area contributed by atoms with Crippen molar-refractivity contribution in [1.29, 1.82) is 0 Å². The van der Waals surface area contributed by atoms with Crippen LogP contribution in [0.15, 0.2) is 43.1 Å². The first kappa shape index (κ1) is 16.3. The molecule has 8 nitrogen and oxygen atoms in total. The highest BCUT2D eigenvalue weighted by molar-refractivity contribution is 5.95. The fourth-order valence-corrected chi connectivity index (χ4v) is 3.12. The van der Waals surface area contributed by atoms with E-state index >= 15 is 4.39 Å². The lowest BCUT2D eigenvalue weighted by Gasteiger charge is -2.13. The molecule has 0 bridgehead atoms. The molecule has 0 aliphatic rings. The van der Waals surface area contributed by atoms with Crippen molar-refractivity contribution in [2.24, 2.45) is 0 Å². The summed E-state index contributed by atoms with van der Waals surface area (Å²) in [5.41, 5.74) is 4.03. The normalized spacial score (nSPS) is 11.4. The Kier molecular flexibility index (Phi) is 3.54. The Hall–Kier alpha value is -3.88. The predicted octanol–water partition coefficient (Wildman–Crippen LogP) is 3.16. The van der Waals surface area contributed by atoms with Gasteiger partial charge in [-0.25, -0.2) is 9.37 Å². The summed E-state index contributed by atoms with van der Waals surface area (Å²) in [7, 11) is 3.80. The standard InChI is InChI=1S/C19H15FN8/c1-28(2)11-5-10(6-22-7-11)17-16(20)15-14(9-23-17)26-27-18(15)19-24-12-3-4-21-8-13(12)25-19/h3-9H,1-2H3,(H,24,25)(H,26,27). The number of nitrogens with one attached hydrogen (secondary N) is 2. The zero-order valence-electron chi connectivity index (χ0n) is 15.1. The molecule has 0 fully saturated rings. The SMILES string of the molecule is CN(C)c1cncc(-c2ncc3[nH]nc(-c4nc5ccncc5[nH]4)c3c2F)c1. The van der Waals surface area contributed by atoms with Crippen LogP contribution >= 0.6 is 0 Å². The van der Waals surface area contributed by atoms with Crippen LogP contribution in [0.3, 0.4) is 0 Å². The van der Waals surface area contributed by atoms with Crippen LogP contribution in [0, 0.1) is 5.82 Å². The summed E-state index contributed by atoms with van der Waals surface area (Å²) >= 11 is 0. The molecule has 5 rings (SSSR count). The minimum atomic E-state index is -0.475. The number of hydrogen-bond donors (Lipinski definition) is 2. The minimum Gasteiger partial charge on any atom is -0.376 e. The average molecular weight is 374 g/mol. The first-order valence-electron chi connectivity index (χ1n) is 8.57. The topological polar surface area (TPSA) is 99.3 Å². The second kappa shape index (κ2) is 6.08. The largest absolute Gasteiger partial charge is 0.376 e. The Bertz CT molecular complexity index is 1290. The quantitative estimate of drug-likeness (QED) is 0.503.